The number of rotatable bonds is 7. The normalized spacial score (nSPS) is 12.0. The molecule has 0 fully saturated rings. The minimum Gasteiger partial charge on any atom is -0.467 e. The minimum absolute atomic E-state index is 0.0169. The molecule has 2 aromatic heterocycles. The molecule has 0 spiro atoms. The zero-order valence-corrected chi connectivity index (χ0v) is 18.7. The fourth-order valence-electron chi connectivity index (χ4n) is 3.15. The van der Waals surface area contributed by atoms with Gasteiger partial charge in [0.1, 0.15) is 5.76 Å². The third-order valence-corrected chi connectivity index (χ3v) is 6.14. The average molecular weight is 453 g/mol. The predicted octanol–water partition coefficient (Wildman–Crippen LogP) is 5.38. The number of nitrogens with zero attached hydrogens (tertiary/aromatic N) is 4. The first-order valence-corrected chi connectivity index (χ1v) is 11.0. The number of benzene rings is 2. The van der Waals surface area contributed by atoms with E-state index < -0.39 is 0 Å². The molecule has 2 aromatic carbocycles. The van der Waals surface area contributed by atoms with Crippen molar-refractivity contribution in [2.75, 3.05) is 11.9 Å². The van der Waals surface area contributed by atoms with Gasteiger partial charge in [-0.15, -0.1) is 10.2 Å². The third kappa shape index (κ3) is 4.84. The Bertz CT molecular complexity index is 1140. The number of hydrogen-bond acceptors (Lipinski definition) is 5. The second kappa shape index (κ2) is 9.41. The van der Waals surface area contributed by atoms with E-state index in [1.54, 1.807) is 18.2 Å². The smallest absolute Gasteiger partial charge is 0.240 e. The molecule has 0 aliphatic carbocycles. The largest absolute Gasteiger partial charge is 0.467 e. The number of carbonyl (C=O) groups is 1. The van der Waals surface area contributed by atoms with Crippen LogP contribution in [0, 0.1) is 0 Å². The molecule has 1 atom stereocenters. The summed E-state index contributed by atoms with van der Waals surface area (Å²) < 4.78 is 7.50. The Labute approximate surface area is 189 Å². The van der Waals surface area contributed by atoms with Gasteiger partial charge < -0.3 is 9.32 Å². The van der Waals surface area contributed by atoms with Gasteiger partial charge in [0.05, 0.1) is 18.1 Å². The zero-order valence-electron chi connectivity index (χ0n) is 17.1. The minimum atomic E-state index is -0.358. The van der Waals surface area contributed by atoms with Crippen LogP contribution in [0.2, 0.25) is 5.02 Å². The molecule has 6 nitrogen and oxygen atoms in total. The van der Waals surface area contributed by atoms with E-state index in [2.05, 4.69) is 10.2 Å². The number of amides is 1. The fraction of sp³-hybridized carbons (Fsp3) is 0.174. The summed E-state index contributed by atoms with van der Waals surface area (Å²) in [4.78, 5) is 14.7. The highest BCUT2D eigenvalue weighted by atomic mass is 35.5. The molecule has 0 saturated carbocycles. The zero-order chi connectivity index (χ0) is 21.8. The molecule has 0 aliphatic heterocycles. The Morgan fingerprint density at radius 1 is 1.10 bits per heavy atom. The van der Waals surface area contributed by atoms with Gasteiger partial charge in [-0.3, -0.25) is 9.36 Å². The first-order chi connectivity index (χ1) is 15.0. The van der Waals surface area contributed by atoms with Crippen LogP contribution in [0.25, 0.3) is 11.4 Å². The SMILES string of the molecule is C[C@@H](Sc1nnc(-c2ccc(Cl)cc2)n1Cc1ccco1)C(=O)N(C)c1ccccc1. The van der Waals surface area contributed by atoms with Gasteiger partial charge in [0, 0.05) is 23.3 Å². The molecule has 1 amide bonds. The lowest BCUT2D eigenvalue weighted by Gasteiger charge is -2.21. The highest BCUT2D eigenvalue weighted by Gasteiger charge is 2.24. The quantitative estimate of drug-likeness (QED) is 0.352. The Morgan fingerprint density at radius 3 is 2.52 bits per heavy atom. The van der Waals surface area contributed by atoms with Crippen LogP contribution in [0.1, 0.15) is 12.7 Å². The number of aromatic nitrogens is 3. The maximum Gasteiger partial charge on any atom is 0.240 e. The Balaban J connectivity index is 1.61. The first-order valence-electron chi connectivity index (χ1n) is 9.73. The van der Waals surface area contributed by atoms with Crippen LogP contribution in [0.3, 0.4) is 0 Å². The van der Waals surface area contributed by atoms with Crippen LogP contribution < -0.4 is 4.90 Å². The molecule has 0 N–H and O–H groups in total. The summed E-state index contributed by atoms with van der Waals surface area (Å²) in [7, 11) is 1.78. The lowest BCUT2D eigenvalue weighted by molar-refractivity contribution is -0.117. The van der Waals surface area contributed by atoms with Gasteiger partial charge in [0.15, 0.2) is 11.0 Å². The van der Waals surface area contributed by atoms with Gasteiger partial charge in [-0.2, -0.15) is 0 Å². The van der Waals surface area contributed by atoms with Crippen molar-refractivity contribution >= 4 is 35.0 Å². The second-order valence-corrected chi connectivity index (χ2v) is 8.72. The molecule has 158 valence electrons. The van der Waals surface area contributed by atoms with E-state index in [0.717, 1.165) is 17.0 Å². The van der Waals surface area contributed by atoms with E-state index in [-0.39, 0.29) is 11.2 Å². The van der Waals surface area contributed by atoms with Crippen molar-refractivity contribution in [3.05, 3.63) is 83.8 Å². The van der Waals surface area contributed by atoms with Crippen molar-refractivity contribution in [3.8, 4) is 11.4 Å². The van der Waals surface area contributed by atoms with Crippen LogP contribution in [-0.4, -0.2) is 33.0 Å². The summed E-state index contributed by atoms with van der Waals surface area (Å²) in [5.74, 6) is 1.45. The number of furan rings is 1. The van der Waals surface area contributed by atoms with E-state index in [1.807, 2.05) is 78.2 Å². The summed E-state index contributed by atoms with van der Waals surface area (Å²) in [6, 6.07) is 20.7. The van der Waals surface area contributed by atoms with Gasteiger partial charge in [-0.25, -0.2) is 0 Å². The van der Waals surface area contributed by atoms with Gasteiger partial charge >= 0.3 is 0 Å². The van der Waals surface area contributed by atoms with Crippen LogP contribution in [0.5, 0.6) is 0 Å². The van der Waals surface area contributed by atoms with Gasteiger partial charge in [-0.05, 0) is 55.5 Å². The van der Waals surface area contributed by atoms with Crippen molar-refractivity contribution in [1.82, 2.24) is 14.8 Å². The van der Waals surface area contributed by atoms with Crippen LogP contribution in [0.4, 0.5) is 5.69 Å². The van der Waals surface area contributed by atoms with E-state index >= 15 is 0 Å². The van der Waals surface area contributed by atoms with Crippen molar-refractivity contribution in [2.45, 2.75) is 23.9 Å². The summed E-state index contributed by atoms with van der Waals surface area (Å²) in [6.07, 6.45) is 1.63. The Kier molecular flexibility index (Phi) is 6.44. The molecule has 0 aliphatic rings. The highest BCUT2D eigenvalue weighted by Crippen LogP contribution is 2.29. The molecule has 0 radical (unpaired) electrons. The van der Waals surface area contributed by atoms with Gasteiger partial charge in [0.2, 0.25) is 5.91 Å². The lowest BCUT2D eigenvalue weighted by atomic mass is 10.2. The molecular weight excluding hydrogens is 432 g/mol. The van der Waals surface area contributed by atoms with Crippen molar-refractivity contribution in [1.29, 1.82) is 0 Å². The standard InChI is InChI=1S/C23H21ClN4O2S/c1-16(22(29)27(2)19-7-4-3-5-8-19)31-23-26-25-21(17-10-12-18(24)13-11-17)28(23)15-20-9-6-14-30-20/h3-14,16H,15H2,1-2H3/t16-/m1/s1. The molecule has 4 rings (SSSR count). The molecule has 8 heteroatoms. The monoisotopic (exact) mass is 452 g/mol. The van der Waals surface area contributed by atoms with Crippen molar-refractivity contribution < 1.29 is 9.21 Å². The summed E-state index contributed by atoms with van der Waals surface area (Å²) in [6.45, 7) is 2.33. The predicted molar refractivity (Wildman–Crippen MR) is 123 cm³/mol. The van der Waals surface area contributed by atoms with E-state index in [9.17, 15) is 4.79 Å². The summed E-state index contributed by atoms with van der Waals surface area (Å²) in [5, 5.41) is 9.71. The summed E-state index contributed by atoms with van der Waals surface area (Å²) >= 11 is 7.41. The highest BCUT2D eigenvalue weighted by molar-refractivity contribution is 8.00. The second-order valence-electron chi connectivity index (χ2n) is 6.97. The van der Waals surface area contributed by atoms with Crippen molar-refractivity contribution in [2.24, 2.45) is 0 Å². The van der Waals surface area contributed by atoms with Crippen LogP contribution in [0.15, 0.2) is 82.6 Å². The number of para-hydroxylation sites is 1. The number of halogens is 1. The molecule has 4 aromatic rings. The molecule has 31 heavy (non-hydrogen) atoms. The molecular formula is C23H21ClN4O2S. The van der Waals surface area contributed by atoms with Crippen LogP contribution in [-0.2, 0) is 11.3 Å². The fourth-order valence-corrected chi connectivity index (χ4v) is 4.22. The maximum atomic E-state index is 13.0. The molecule has 2 heterocycles. The third-order valence-electron chi connectivity index (χ3n) is 4.82. The Morgan fingerprint density at radius 2 is 1.84 bits per heavy atom. The van der Waals surface area contributed by atoms with Gasteiger partial charge in [0.25, 0.3) is 0 Å². The lowest BCUT2D eigenvalue weighted by Crippen LogP contribution is -2.33. The maximum absolute atomic E-state index is 13.0. The number of thioether (sulfide) groups is 1. The molecule has 0 bridgehead atoms. The average Bonchev–Trinajstić information content (AvgIpc) is 3.45. The van der Waals surface area contributed by atoms with E-state index in [4.69, 9.17) is 16.0 Å². The first kappa shape index (κ1) is 21.2. The van der Waals surface area contributed by atoms with E-state index in [0.29, 0.717) is 22.5 Å². The Hall–Kier alpha value is -3.03. The molecule has 0 saturated heterocycles. The number of anilines is 1. The van der Waals surface area contributed by atoms with E-state index in [1.165, 1.54) is 11.8 Å². The number of hydrogen-bond donors (Lipinski definition) is 0. The number of carbonyl (C=O) groups excluding carboxylic acids is 1. The summed E-state index contributed by atoms with van der Waals surface area (Å²) in [5.41, 5.74) is 1.73. The topological polar surface area (TPSA) is 64.2 Å². The van der Waals surface area contributed by atoms with Crippen LogP contribution >= 0.6 is 23.4 Å². The molecule has 0 unspecified atom stereocenters. The van der Waals surface area contributed by atoms with Crippen molar-refractivity contribution in [3.63, 3.8) is 0 Å². The van der Waals surface area contributed by atoms with Gasteiger partial charge in [-0.1, -0.05) is 41.6 Å².